The van der Waals surface area contributed by atoms with Crippen LogP contribution in [0, 0.1) is 5.92 Å². The van der Waals surface area contributed by atoms with Gasteiger partial charge in [0.15, 0.2) is 0 Å². The normalized spacial score (nSPS) is 13.7. The van der Waals surface area contributed by atoms with E-state index in [0.717, 1.165) is 16.7 Å². The van der Waals surface area contributed by atoms with Crippen LogP contribution >= 0.6 is 0 Å². The monoisotopic (exact) mass is 297 g/mol. The van der Waals surface area contributed by atoms with Gasteiger partial charge in [0.1, 0.15) is 0 Å². The number of rotatable bonds is 5. The minimum atomic E-state index is -0.475. The van der Waals surface area contributed by atoms with Crippen LogP contribution in [0.2, 0.25) is 0 Å². The average molecular weight is 297 g/mol. The number of benzene rings is 1. The van der Waals surface area contributed by atoms with E-state index in [1.54, 1.807) is 6.20 Å². The van der Waals surface area contributed by atoms with E-state index in [-0.39, 0.29) is 17.9 Å². The van der Waals surface area contributed by atoms with Crippen molar-refractivity contribution in [1.29, 1.82) is 0 Å². The van der Waals surface area contributed by atoms with Crippen molar-refractivity contribution >= 4 is 5.91 Å². The van der Waals surface area contributed by atoms with Gasteiger partial charge in [-0.1, -0.05) is 44.2 Å². The van der Waals surface area contributed by atoms with Crippen molar-refractivity contribution in [2.45, 2.75) is 32.9 Å². The molecule has 1 aromatic heterocycles. The van der Waals surface area contributed by atoms with Gasteiger partial charge in [0.25, 0.3) is 0 Å². The number of nitrogens with one attached hydrogen (secondary N) is 1. The van der Waals surface area contributed by atoms with Crippen molar-refractivity contribution < 1.29 is 4.79 Å². The van der Waals surface area contributed by atoms with Crippen LogP contribution in [0.4, 0.5) is 0 Å². The summed E-state index contributed by atoms with van der Waals surface area (Å²) < 4.78 is 0. The van der Waals surface area contributed by atoms with Gasteiger partial charge in [-0.15, -0.1) is 0 Å². The Morgan fingerprint density at radius 1 is 1.09 bits per heavy atom. The van der Waals surface area contributed by atoms with E-state index < -0.39 is 6.04 Å². The Morgan fingerprint density at radius 2 is 1.77 bits per heavy atom. The van der Waals surface area contributed by atoms with Gasteiger partial charge in [0.05, 0.1) is 12.1 Å². The number of carbonyl (C=O) groups excluding carboxylic acids is 1. The highest BCUT2D eigenvalue weighted by Gasteiger charge is 2.19. The van der Waals surface area contributed by atoms with Crippen LogP contribution in [0.25, 0.3) is 11.1 Å². The van der Waals surface area contributed by atoms with Gasteiger partial charge in [0, 0.05) is 12.4 Å². The quantitative estimate of drug-likeness (QED) is 0.891. The van der Waals surface area contributed by atoms with E-state index in [9.17, 15) is 4.79 Å². The molecule has 0 radical (unpaired) electrons. The van der Waals surface area contributed by atoms with Gasteiger partial charge in [0.2, 0.25) is 5.91 Å². The lowest BCUT2D eigenvalue weighted by atomic mass is 10.0. The molecule has 1 unspecified atom stereocenters. The molecule has 1 amide bonds. The first-order valence-corrected chi connectivity index (χ1v) is 7.55. The minimum absolute atomic E-state index is 0.0692. The number of nitrogens with two attached hydrogens (primary N) is 1. The maximum atomic E-state index is 12.0. The third kappa shape index (κ3) is 3.92. The molecule has 1 heterocycles. The maximum Gasteiger partial charge on any atom is 0.237 e. The molecular weight excluding hydrogens is 274 g/mol. The Balaban J connectivity index is 2.05. The fourth-order valence-corrected chi connectivity index (χ4v) is 2.19. The molecule has 0 aliphatic carbocycles. The van der Waals surface area contributed by atoms with E-state index >= 15 is 0 Å². The molecule has 0 saturated heterocycles. The highest BCUT2D eigenvalue weighted by molar-refractivity contribution is 5.82. The van der Waals surface area contributed by atoms with Crippen LogP contribution in [0.5, 0.6) is 0 Å². The fraction of sp³-hybridized carbons (Fsp3) is 0.333. The van der Waals surface area contributed by atoms with Crippen molar-refractivity contribution in [3.05, 3.63) is 54.4 Å². The zero-order valence-corrected chi connectivity index (χ0v) is 13.3. The van der Waals surface area contributed by atoms with Crippen molar-refractivity contribution in [1.82, 2.24) is 10.3 Å². The van der Waals surface area contributed by atoms with Crippen molar-refractivity contribution in [3.63, 3.8) is 0 Å². The molecule has 0 aliphatic heterocycles. The Morgan fingerprint density at radius 3 is 2.32 bits per heavy atom. The third-order valence-electron chi connectivity index (χ3n) is 3.79. The van der Waals surface area contributed by atoms with Crippen molar-refractivity contribution in [3.8, 4) is 11.1 Å². The molecule has 0 fully saturated rings. The van der Waals surface area contributed by atoms with Gasteiger partial charge < -0.3 is 11.1 Å². The largest absolute Gasteiger partial charge is 0.348 e. The van der Waals surface area contributed by atoms with E-state index in [2.05, 4.69) is 10.3 Å². The zero-order chi connectivity index (χ0) is 16.1. The first-order valence-electron chi connectivity index (χ1n) is 7.55. The van der Waals surface area contributed by atoms with E-state index in [4.69, 9.17) is 5.73 Å². The van der Waals surface area contributed by atoms with Crippen molar-refractivity contribution in [2.24, 2.45) is 11.7 Å². The molecule has 0 saturated carbocycles. The molecule has 3 N–H and O–H groups in total. The van der Waals surface area contributed by atoms with Gasteiger partial charge in [-0.3, -0.25) is 9.78 Å². The summed E-state index contributed by atoms with van der Waals surface area (Å²) in [5, 5.41) is 2.96. The summed E-state index contributed by atoms with van der Waals surface area (Å²) in [5.41, 5.74) is 9.10. The third-order valence-corrected chi connectivity index (χ3v) is 3.79. The average Bonchev–Trinajstić information content (AvgIpc) is 2.54. The summed E-state index contributed by atoms with van der Waals surface area (Å²) in [6, 6.07) is 11.5. The number of amides is 1. The smallest absolute Gasteiger partial charge is 0.237 e. The minimum Gasteiger partial charge on any atom is -0.348 e. The molecule has 2 aromatic rings. The van der Waals surface area contributed by atoms with Crippen LogP contribution in [0.3, 0.4) is 0 Å². The molecule has 116 valence electrons. The predicted molar refractivity (Wildman–Crippen MR) is 89.0 cm³/mol. The molecule has 1 aromatic carbocycles. The van der Waals surface area contributed by atoms with Gasteiger partial charge in [-0.05, 0) is 35.6 Å². The lowest BCUT2D eigenvalue weighted by molar-refractivity contribution is -0.123. The molecule has 4 heteroatoms. The van der Waals surface area contributed by atoms with E-state index in [1.165, 1.54) is 0 Å². The van der Waals surface area contributed by atoms with Crippen molar-refractivity contribution in [2.75, 3.05) is 0 Å². The predicted octanol–water partition coefficient (Wildman–Crippen LogP) is 2.91. The number of carbonyl (C=O) groups is 1. The Kier molecular flexibility index (Phi) is 5.28. The summed E-state index contributed by atoms with van der Waals surface area (Å²) in [5.74, 6) is 0.0130. The Hall–Kier alpha value is -2.20. The summed E-state index contributed by atoms with van der Waals surface area (Å²) in [4.78, 5) is 16.1. The number of nitrogens with zero attached hydrogens (tertiary/aromatic N) is 1. The second kappa shape index (κ2) is 7.18. The lowest BCUT2D eigenvalue weighted by Crippen LogP contribution is -2.44. The molecule has 0 bridgehead atoms. The van der Waals surface area contributed by atoms with Crippen LogP contribution in [-0.4, -0.2) is 16.9 Å². The number of hydrogen-bond donors (Lipinski definition) is 2. The topological polar surface area (TPSA) is 68.0 Å². The highest BCUT2D eigenvalue weighted by atomic mass is 16.2. The van der Waals surface area contributed by atoms with E-state index in [1.807, 2.05) is 63.4 Å². The fourth-order valence-electron chi connectivity index (χ4n) is 2.19. The Bertz CT molecular complexity index is 608. The highest BCUT2D eigenvalue weighted by Crippen LogP contribution is 2.21. The molecule has 2 rings (SSSR count). The Labute approximate surface area is 131 Å². The first kappa shape index (κ1) is 16.2. The molecule has 0 spiro atoms. The van der Waals surface area contributed by atoms with Gasteiger partial charge in [-0.25, -0.2) is 0 Å². The summed E-state index contributed by atoms with van der Waals surface area (Å²) in [6.45, 7) is 5.85. The molecular formula is C18H23N3O. The number of aromatic nitrogens is 1. The SMILES string of the molecule is CC(NC(=O)[C@@H](N)C(C)C)c1ccc(-c2cccnc2)cc1. The molecule has 22 heavy (non-hydrogen) atoms. The van der Waals surface area contributed by atoms with E-state index in [0.29, 0.717) is 0 Å². The second-order valence-corrected chi connectivity index (χ2v) is 5.86. The molecule has 4 nitrogen and oxygen atoms in total. The van der Waals surface area contributed by atoms with Gasteiger partial charge >= 0.3 is 0 Å². The van der Waals surface area contributed by atoms with Crippen LogP contribution < -0.4 is 11.1 Å². The standard InChI is InChI=1S/C18H23N3O/c1-12(2)17(19)18(22)21-13(3)14-6-8-15(9-7-14)16-5-4-10-20-11-16/h4-13,17H,19H2,1-3H3,(H,21,22)/t13?,17-/m0/s1. The van der Waals surface area contributed by atoms with Crippen LogP contribution in [0.1, 0.15) is 32.4 Å². The second-order valence-electron chi connectivity index (χ2n) is 5.86. The first-order chi connectivity index (χ1) is 10.5. The maximum absolute atomic E-state index is 12.0. The summed E-state index contributed by atoms with van der Waals surface area (Å²) in [6.07, 6.45) is 3.59. The zero-order valence-electron chi connectivity index (χ0n) is 13.3. The molecule has 2 atom stereocenters. The number of pyridine rings is 1. The number of hydrogen-bond acceptors (Lipinski definition) is 3. The van der Waals surface area contributed by atoms with Crippen LogP contribution in [0.15, 0.2) is 48.8 Å². The van der Waals surface area contributed by atoms with Gasteiger partial charge in [-0.2, -0.15) is 0 Å². The summed E-state index contributed by atoms with van der Waals surface area (Å²) in [7, 11) is 0. The lowest BCUT2D eigenvalue weighted by Gasteiger charge is -2.20. The summed E-state index contributed by atoms with van der Waals surface area (Å²) >= 11 is 0. The van der Waals surface area contributed by atoms with Crippen LogP contribution in [-0.2, 0) is 4.79 Å². The molecule has 0 aliphatic rings.